The lowest BCUT2D eigenvalue weighted by Crippen LogP contribution is -2.55. The lowest BCUT2D eigenvalue weighted by atomic mass is 9.94. The third kappa shape index (κ3) is 4.18. The molecule has 2 N–H and O–H groups in total. The monoisotopic (exact) mass is 370 g/mol. The van der Waals surface area contributed by atoms with E-state index in [1.165, 1.54) is 0 Å². The van der Waals surface area contributed by atoms with Gasteiger partial charge in [-0.3, -0.25) is 9.59 Å². The van der Waals surface area contributed by atoms with Gasteiger partial charge in [0.05, 0.1) is 0 Å². The van der Waals surface area contributed by atoms with Gasteiger partial charge in [0, 0.05) is 12.5 Å². The normalized spacial score (nSPS) is 16.9. The Hall–Kier alpha value is -2.70. The number of carbonyl (C=O) groups excluding carboxylic acids is 2. The maximum Gasteiger partial charge on any atom is 0.251 e. The van der Waals surface area contributed by atoms with Gasteiger partial charge in [0.1, 0.15) is 11.6 Å². The number of rotatable bonds is 6. The van der Waals surface area contributed by atoms with E-state index in [9.17, 15) is 9.59 Å². The van der Waals surface area contributed by atoms with Gasteiger partial charge in [-0.25, -0.2) is 0 Å². The Bertz CT molecular complexity index is 795. The van der Waals surface area contributed by atoms with Crippen LogP contribution in [0.5, 0.6) is 0 Å². The molecular weight excluding hydrogens is 344 g/mol. The fourth-order valence-electron chi connectivity index (χ4n) is 3.54. The number of nitrogens with one attached hydrogen (secondary N) is 2. The molecule has 1 fully saturated rings. The summed E-state index contributed by atoms with van der Waals surface area (Å²) in [5, 5.41) is 10.0. The molecule has 7 heteroatoms. The molecule has 1 heterocycles. The molecular formula is C20H26N4O3. The third-order valence-electron chi connectivity index (χ3n) is 5.05. The first-order valence-corrected chi connectivity index (χ1v) is 9.40. The minimum atomic E-state index is -0.650. The van der Waals surface area contributed by atoms with Crippen LogP contribution in [0.2, 0.25) is 0 Å². The van der Waals surface area contributed by atoms with Crippen molar-refractivity contribution in [3.8, 4) is 0 Å². The number of aromatic nitrogens is 2. The highest BCUT2D eigenvalue weighted by atomic mass is 16.5. The van der Waals surface area contributed by atoms with Crippen LogP contribution in [0.4, 0.5) is 0 Å². The van der Waals surface area contributed by atoms with Crippen LogP contribution >= 0.6 is 0 Å². The minimum absolute atomic E-state index is 0.0666. The fraction of sp³-hybridized carbons (Fsp3) is 0.500. The van der Waals surface area contributed by atoms with Crippen LogP contribution in [0.3, 0.4) is 0 Å². The van der Waals surface area contributed by atoms with Gasteiger partial charge in [0.2, 0.25) is 11.8 Å². The van der Waals surface area contributed by atoms with Crippen molar-refractivity contribution in [3.63, 3.8) is 0 Å². The highest BCUT2D eigenvalue weighted by Crippen LogP contribution is 2.37. The van der Waals surface area contributed by atoms with Crippen molar-refractivity contribution in [1.29, 1.82) is 0 Å². The van der Waals surface area contributed by atoms with E-state index in [0.29, 0.717) is 17.3 Å². The molecule has 0 aliphatic heterocycles. The van der Waals surface area contributed by atoms with Crippen LogP contribution in [-0.2, 0) is 10.3 Å². The van der Waals surface area contributed by atoms with Crippen molar-refractivity contribution >= 4 is 11.8 Å². The van der Waals surface area contributed by atoms with Crippen LogP contribution < -0.4 is 10.6 Å². The molecule has 27 heavy (non-hydrogen) atoms. The highest BCUT2D eigenvalue weighted by molar-refractivity contribution is 5.97. The number of hydrogen-bond acceptors (Lipinski definition) is 5. The number of nitrogens with zero attached hydrogens (tertiary/aromatic N) is 2. The first-order valence-electron chi connectivity index (χ1n) is 9.40. The van der Waals surface area contributed by atoms with Crippen molar-refractivity contribution in [2.24, 2.45) is 5.92 Å². The first-order chi connectivity index (χ1) is 12.9. The van der Waals surface area contributed by atoms with Crippen molar-refractivity contribution in [2.45, 2.75) is 58.0 Å². The van der Waals surface area contributed by atoms with Crippen LogP contribution in [0.15, 0.2) is 34.9 Å². The molecule has 1 atom stereocenters. The molecule has 0 unspecified atom stereocenters. The summed E-state index contributed by atoms with van der Waals surface area (Å²) in [4.78, 5) is 30.0. The first kappa shape index (κ1) is 19.1. The largest absolute Gasteiger partial charge is 0.341 e. The van der Waals surface area contributed by atoms with E-state index in [1.54, 1.807) is 31.2 Å². The highest BCUT2D eigenvalue weighted by Gasteiger charge is 2.42. The Morgan fingerprint density at radius 3 is 2.37 bits per heavy atom. The lowest BCUT2D eigenvalue weighted by molar-refractivity contribution is -0.126. The van der Waals surface area contributed by atoms with Gasteiger partial charge in [-0.05, 0) is 30.9 Å². The molecule has 1 saturated carbocycles. The van der Waals surface area contributed by atoms with Crippen LogP contribution in [0.1, 0.15) is 61.6 Å². The lowest BCUT2D eigenvalue weighted by Gasteiger charge is -2.30. The van der Waals surface area contributed by atoms with E-state index in [-0.39, 0.29) is 17.7 Å². The zero-order valence-electron chi connectivity index (χ0n) is 16.0. The summed E-state index contributed by atoms with van der Waals surface area (Å²) in [7, 11) is 0. The fourth-order valence-corrected chi connectivity index (χ4v) is 3.54. The van der Waals surface area contributed by atoms with Crippen LogP contribution in [0.25, 0.3) is 0 Å². The summed E-state index contributed by atoms with van der Waals surface area (Å²) in [5.74, 6) is 0.438. The summed E-state index contributed by atoms with van der Waals surface area (Å²) >= 11 is 0. The average molecular weight is 370 g/mol. The Kier molecular flexibility index (Phi) is 5.58. The maximum absolute atomic E-state index is 13.1. The smallest absolute Gasteiger partial charge is 0.251 e. The number of amides is 2. The number of benzene rings is 1. The summed E-state index contributed by atoms with van der Waals surface area (Å²) < 4.78 is 5.13. The zero-order valence-corrected chi connectivity index (χ0v) is 16.0. The summed E-state index contributed by atoms with van der Waals surface area (Å²) in [6.45, 7) is 5.56. The van der Waals surface area contributed by atoms with E-state index in [4.69, 9.17) is 4.52 Å². The van der Waals surface area contributed by atoms with Gasteiger partial charge in [-0.1, -0.05) is 50.0 Å². The third-order valence-corrected chi connectivity index (χ3v) is 5.05. The summed E-state index contributed by atoms with van der Waals surface area (Å²) in [6, 6.07) is 8.25. The molecule has 1 aromatic heterocycles. The Morgan fingerprint density at radius 2 is 1.81 bits per heavy atom. The molecule has 1 aromatic carbocycles. The second-order valence-electron chi connectivity index (χ2n) is 7.48. The van der Waals surface area contributed by atoms with E-state index >= 15 is 0 Å². The molecule has 3 rings (SSSR count). The summed E-state index contributed by atoms with van der Waals surface area (Å²) in [5.41, 5.74) is -0.0975. The molecule has 2 amide bonds. The van der Waals surface area contributed by atoms with E-state index in [1.807, 2.05) is 19.9 Å². The molecule has 0 radical (unpaired) electrons. The second-order valence-corrected chi connectivity index (χ2v) is 7.48. The Balaban J connectivity index is 1.77. The van der Waals surface area contributed by atoms with E-state index in [2.05, 4.69) is 20.8 Å². The number of hydrogen-bond donors (Lipinski definition) is 2. The molecule has 144 valence electrons. The van der Waals surface area contributed by atoms with Gasteiger partial charge in [-0.15, -0.1) is 0 Å². The van der Waals surface area contributed by atoms with Crippen LogP contribution in [-0.4, -0.2) is 28.0 Å². The molecule has 7 nitrogen and oxygen atoms in total. The number of aryl methyl sites for hydroxylation is 1. The average Bonchev–Trinajstić information content (AvgIpc) is 3.29. The SMILES string of the molecule is Cc1nc(C2(NC(=O)[C@H](NC(=O)c3ccccc3)C(C)C)CCCC2)no1. The predicted molar refractivity (Wildman–Crippen MR) is 99.9 cm³/mol. The molecule has 0 saturated heterocycles. The van der Waals surface area contributed by atoms with Crippen molar-refractivity contribution in [1.82, 2.24) is 20.8 Å². The maximum atomic E-state index is 13.1. The quantitative estimate of drug-likeness (QED) is 0.815. The van der Waals surface area contributed by atoms with E-state index < -0.39 is 11.6 Å². The zero-order chi connectivity index (χ0) is 19.4. The van der Waals surface area contributed by atoms with Crippen molar-refractivity contribution in [3.05, 3.63) is 47.6 Å². The molecule has 1 aliphatic rings. The second kappa shape index (κ2) is 7.90. The van der Waals surface area contributed by atoms with Crippen molar-refractivity contribution < 1.29 is 14.1 Å². The van der Waals surface area contributed by atoms with Gasteiger partial charge in [-0.2, -0.15) is 4.98 Å². The summed E-state index contributed by atoms with van der Waals surface area (Å²) in [6.07, 6.45) is 3.48. The van der Waals surface area contributed by atoms with Gasteiger partial charge in [0.25, 0.3) is 5.91 Å². The molecule has 0 bridgehead atoms. The minimum Gasteiger partial charge on any atom is -0.341 e. The molecule has 2 aromatic rings. The van der Waals surface area contributed by atoms with E-state index in [0.717, 1.165) is 25.7 Å². The standard InChI is InChI=1S/C20H26N4O3/c1-13(2)16(22-17(25)15-9-5-4-6-10-15)18(26)23-20(11-7-8-12-20)19-21-14(3)27-24-19/h4-6,9-10,13,16H,7-8,11-12H2,1-3H3,(H,22,25)(H,23,26)/t16-/m1/s1. The van der Waals surface area contributed by atoms with Gasteiger partial charge >= 0.3 is 0 Å². The molecule has 1 aliphatic carbocycles. The Morgan fingerprint density at radius 1 is 1.15 bits per heavy atom. The molecule has 0 spiro atoms. The van der Waals surface area contributed by atoms with Crippen LogP contribution in [0, 0.1) is 12.8 Å². The van der Waals surface area contributed by atoms with Gasteiger partial charge in [0.15, 0.2) is 5.82 Å². The van der Waals surface area contributed by atoms with Gasteiger partial charge < -0.3 is 15.2 Å². The number of carbonyl (C=O) groups is 2. The Labute approximate surface area is 158 Å². The topological polar surface area (TPSA) is 97.1 Å². The predicted octanol–water partition coefficient (Wildman–Crippen LogP) is 2.72. The van der Waals surface area contributed by atoms with Crippen molar-refractivity contribution in [2.75, 3.05) is 0 Å².